The fourth-order valence-electron chi connectivity index (χ4n) is 2.44. The van der Waals surface area contributed by atoms with Gasteiger partial charge in [0.2, 0.25) is 0 Å². The van der Waals surface area contributed by atoms with Crippen LogP contribution in [-0.4, -0.2) is 30.1 Å². The third-order valence-corrected chi connectivity index (χ3v) is 3.75. The molecule has 0 saturated heterocycles. The van der Waals surface area contributed by atoms with Crippen molar-refractivity contribution in [1.82, 2.24) is 5.32 Å². The molecule has 2 aromatic rings. The van der Waals surface area contributed by atoms with Gasteiger partial charge in [0.25, 0.3) is 0 Å². The molecule has 0 spiro atoms. The van der Waals surface area contributed by atoms with Gasteiger partial charge in [-0.2, -0.15) is 0 Å². The third kappa shape index (κ3) is 5.48. The summed E-state index contributed by atoms with van der Waals surface area (Å²) in [6, 6.07) is 16.3. The Kier molecular flexibility index (Phi) is 6.76. The van der Waals surface area contributed by atoms with Crippen molar-refractivity contribution in [2.24, 2.45) is 0 Å². The predicted octanol–water partition coefficient (Wildman–Crippen LogP) is 1.89. The molecule has 2 aromatic carbocycles. The largest absolute Gasteiger partial charge is 0.396 e. The number of aliphatic hydroxyl groups is 1. The van der Waals surface area contributed by atoms with Gasteiger partial charge in [0.15, 0.2) is 0 Å². The number of anilines is 1. The molecule has 0 saturated carbocycles. The second-order valence-corrected chi connectivity index (χ2v) is 5.51. The minimum Gasteiger partial charge on any atom is -0.396 e. The van der Waals surface area contributed by atoms with E-state index >= 15 is 0 Å². The Morgan fingerprint density at radius 3 is 2.52 bits per heavy atom. The fourth-order valence-corrected chi connectivity index (χ4v) is 2.44. The first-order valence-electron chi connectivity index (χ1n) is 7.95. The van der Waals surface area contributed by atoms with Crippen molar-refractivity contribution in [3.8, 4) is 12.3 Å². The molecule has 0 bridgehead atoms. The molecule has 0 aromatic heterocycles. The Morgan fingerprint density at radius 2 is 1.84 bits per heavy atom. The van der Waals surface area contributed by atoms with Crippen LogP contribution in [0.4, 0.5) is 5.69 Å². The smallest absolute Gasteiger partial charge is 0.313 e. The number of rotatable bonds is 6. The summed E-state index contributed by atoms with van der Waals surface area (Å²) < 4.78 is 0. The Balaban J connectivity index is 1.93. The van der Waals surface area contributed by atoms with Crippen molar-refractivity contribution in [1.29, 1.82) is 0 Å². The number of benzene rings is 2. The van der Waals surface area contributed by atoms with Gasteiger partial charge in [-0.1, -0.05) is 42.3 Å². The molecule has 0 radical (unpaired) electrons. The Bertz CT molecular complexity index is 766. The highest BCUT2D eigenvalue weighted by molar-refractivity contribution is 6.39. The summed E-state index contributed by atoms with van der Waals surface area (Å²) in [5.41, 5.74) is 2.08. The van der Waals surface area contributed by atoms with E-state index in [4.69, 9.17) is 6.42 Å². The van der Waals surface area contributed by atoms with Crippen molar-refractivity contribution < 1.29 is 14.7 Å². The van der Waals surface area contributed by atoms with E-state index in [9.17, 15) is 14.7 Å². The van der Waals surface area contributed by atoms with Gasteiger partial charge in [-0.3, -0.25) is 9.59 Å². The van der Waals surface area contributed by atoms with E-state index in [1.165, 1.54) is 0 Å². The van der Waals surface area contributed by atoms with Crippen LogP contribution in [-0.2, 0) is 9.59 Å². The summed E-state index contributed by atoms with van der Waals surface area (Å²) in [4.78, 5) is 24.0. The summed E-state index contributed by atoms with van der Waals surface area (Å²) in [6.07, 6.45) is 5.81. The first-order valence-corrected chi connectivity index (χ1v) is 7.95. The van der Waals surface area contributed by atoms with Crippen molar-refractivity contribution >= 4 is 17.5 Å². The molecule has 5 heteroatoms. The molecular weight excluding hydrogens is 316 g/mol. The van der Waals surface area contributed by atoms with Gasteiger partial charge in [0.1, 0.15) is 0 Å². The van der Waals surface area contributed by atoms with Gasteiger partial charge in [0.05, 0.1) is 0 Å². The standard InChI is InChI=1S/C20H20N2O3/c1-2-15-7-6-10-18(13-15)22-20(25)19(24)21-14-17(11-12-23)16-8-4-3-5-9-16/h1,3-10,13,17,23H,11-12,14H2,(H,21,24)(H,22,25)/t17-/m1/s1. The highest BCUT2D eigenvalue weighted by atomic mass is 16.3. The van der Waals surface area contributed by atoms with E-state index in [-0.39, 0.29) is 19.1 Å². The van der Waals surface area contributed by atoms with Crippen LogP contribution >= 0.6 is 0 Å². The number of terminal acetylenes is 1. The number of hydrogen-bond acceptors (Lipinski definition) is 3. The van der Waals surface area contributed by atoms with Gasteiger partial charge in [0, 0.05) is 30.3 Å². The number of aliphatic hydroxyl groups excluding tert-OH is 1. The molecule has 0 heterocycles. The van der Waals surface area contributed by atoms with Crippen LogP contribution in [0, 0.1) is 12.3 Å². The Hall–Kier alpha value is -3.10. The molecule has 0 aliphatic rings. The molecule has 2 amide bonds. The van der Waals surface area contributed by atoms with Gasteiger partial charge in [-0.25, -0.2) is 0 Å². The van der Waals surface area contributed by atoms with E-state index < -0.39 is 11.8 Å². The van der Waals surface area contributed by atoms with Gasteiger partial charge in [-0.05, 0) is 30.2 Å². The molecule has 0 unspecified atom stereocenters. The normalized spacial score (nSPS) is 11.2. The lowest BCUT2D eigenvalue weighted by Crippen LogP contribution is -2.37. The lowest BCUT2D eigenvalue weighted by atomic mass is 9.96. The van der Waals surface area contributed by atoms with Crippen LogP contribution in [0.1, 0.15) is 23.5 Å². The van der Waals surface area contributed by atoms with Crippen LogP contribution in [0.15, 0.2) is 54.6 Å². The molecule has 1 atom stereocenters. The highest BCUT2D eigenvalue weighted by Gasteiger charge is 2.17. The number of nitrogens with one attached hydrogen (secondary N) is 2. The van der Waals surface area contributed by atoms with Crippen molar-refractivity contribution in [3.05, 3.63) is 65.7 Å². The number of amides is 2. The maximum atomic E-state index is 12.0. The minimum atomic E-state index is -0.759. The first kappa shape index (κ1) is 18.2. The van der Waals surface area contributed by atoms with Crippen molar-refractivity contribution in [2.45, 2.75) is 12.3 Å². The zero-order valence-corrected chi connectivity index (χ0v) is 13.7. The maximum absolute atomic E-state index is 12.0. The lowest BCUT2D eigenvalue weighted by Gasteiger charge is -2.17. The predicted molar refractivity (Wildman–Crippen MR) is 96.9 cm³/mol. The topological polar surface area (TPSA) is 78.4 Å². The van der Waals surface area contributed by atoms with Crippen LogP contribution < -0.4 is 10.6 Å². The van der Waals surface area contributed by atoms with Crippen LogP contribution in [0.3, 0.4) is 0 Å². The van der Waals surface area contributed by atoms with Crippen molar-refractivity contribution in [3.63, 3.8) is 0 Å². The third-order valence-electron chi connectivity index (χ3n) is 3.75. The minimum absolute atomic E-state index is 0.000505. The molecule has 2 rings (SSSR count). The molecular formula is C20H20N2O3. The number of carbonyl (C=O) groups is 2. The van der Waals surface area contributed by atoms with Crippen LogP contribution in [0.2, 0.25) is 0 Å². The highest BCUT2D eigenvalue weighted by Crippen LogP contribution is 2.18. The Labute approximate surface area is 147 Å². The zero-order valence-electron chi connectivity index (χ0n) is 13.7. The zero-order chi connectivity index (χ0) is 18.1. The van der Waals surface area contributed by atoms with E-state index in [1.54, 1.807) is 24.3 Å². The van der Waals surface area contributed by atoms with Crippen LogP contribution in [0.5, 0.6) is 0 Å². The quantitative estimate of drug-likeness (QED) is 0.557. The summed E-state index contributed by atoms with van der Waals surface area (Å²) in [5.74, 6) is 0.914. The average Bonchev–Trinajstić information content (AvgIpc) is 2.65. The van der Waals surface area contributed by atoms with E-state index in [0.29, 0.717) is 17.7 Å². The summed E-state index contributed by atoms with van der Waals surface area (Å²) in [5, 5.41) is 14.3. The molecule has 3 N–H and O–H groups in total. The summed E-state index contributed by atoms with van der Waals surface area (Å²) >= 11 is 0. The Morgan fingerprint density at radius 1 is 1.08 bits per heavy atom. The molecule has 0 aliphatic heterocycles. The molecule has 128 valence electrons. The number of carbonyl (C=O) groups excluding carboxylic acids is 2. The molecule has 0 fully saturated rings. The van der Waals surface area contributed by atoms with E-state index in [2.05, 4.69) is 16.6 Å². The summed E-state index contributed by atoms with van der Waals surface area (Å²) in [7, 11) is 0. The van der Waals surface area contributed by atoms with Gasteiger partial charge < -0.3 is 15.7 Å². The molecule has 0 aliphatic carbocycles. The first-order chi connectivity index (χ1) is 12.1. The van der Waals surface area contributed by atoms with Gasteiger partial charge >= 0.3 is 11.8 Å². The van der Waals surface area contributed by atoms with Crippen LogP contribution in [0.25, 0.3) is 0 Å². The average molecular weight is 336 g/mol. The monoisotopic (exact) mass is 336 g/mol. The maximum Gasteiger partial charge on any atom is 0.313 e. The number of hydrogen-bond donors (Lipinski definition) is 3. The molecule has 25 heavy (non-hydrogen) atoms. The second kappa shape index (κ2) is 9.26. The SMILES string of the molecule is C#Cc1cccc(NC(=O)C(=O)NC[C@@H](CCO)c2ccccc2)c1. The lowest BCUT2D eigenvalue weighted by molar-refractivity contribution is -0.136. The van der Waals surface area contributed by atoms with E-state index in [1.807, 2.05) is 30.3 Å². The second-order valence-electron chi connectivity index (χ2n) is 5.51. The van der Waals surface area contributed by atoms with E-state index in [0.717, 1.165) is 5.56 Å². The summed E-state index contributed by atoms with van der Waals surface area (Å²) in [6.45, 7) is 0.266. The fraction of sp³-hybridized carbons (Fsp3) is 0.200. The molecule has 5 nitrogen and oxygen atoms in total. The van der Waals surface area contributed by atoms with Gasteiger partial charge in [-0.15, -0.1) is 6.42 Å². The van der Waals surface area contributed by atoms with Crippen molar-refractivity contribution in [2.75, 3.05) is 18.5 Å².